The number of hydrogen-bond donors (Lipinski definition) is 2. The van der Waals surface area contributed by atoms with Crippen molar-refractivity contribution in [3.63, 3.8) is 0 Å². The van der Waals surface area contributed by atoms with Crippen molar-refractivity contribution in [2.24, 2.45) is 0 Å². The zero-order chi connectivity index (χ0) is 15.2. The van der Waals surface area contributed by atoms with Gasteiger partial charge < -0.3 is 24.8 Å². The fourth-order valence-corrected chi connectivity index (χ4v) is 2.04. The van der Waals surface area contributed by atoms with Crippen molar-refractivity contribution in [2.45, 2.75) is 0 Å². The van der Waals surface area contributed by atoms with Crippen LogP contribution in [0, 0.1) is 0 Å². The molecular formula is C14H18N2O5. The predicted molar refractivity (Wildman–Crippen MR) is 75.4 cm³/mol. The number of nitrogens with zero attached hydrogens (tertiary/aromatic N) is 1. The number of carbonyl (C=O) groups is 2. The third-order valence-electron chi connectivity index (χ3n) is 3.08. The molecule has 1 aromatic rings. The summed E-state index contributed by atoms with van der Waals surface area (Å²) in [6.45, 7) is 0.847. The Morgan fingerprint density at radius 3 is 3.00 bits per heavy atom. The lowest BCUT2D eigenvalue weighted by molar-refractivity contribution is -0.118. The fraction of sp³-hybridized carbons (Fsp3) is 0.429. The number of benzene rings is 1. The van der Waals surface area contributed by atoms with Gasteiger partial charge in [0.15, 0.2) is 6.61 Å². The molecule has 1 aliphatic heterocycles. The lowest BCUT2D eigenvalue weighted by atomic mass is 10.1. The number of hydrogen-bond acceptors (Lipinski definition) is 5. The van der Waals surface area contributed by atoms with E-state index in [1.54, 1.807) is 25.3 Å². The molecule has 0 aliphatic carbocycles. The quantitative estimate of drug-likeness (QED) is 0.777. The first kappa shape index (κ1) is 15.3. The minimum atomic E-state index is -0.251. The number of aliphatic hydroxyl groups excluding tert-OH is 1. The van der Waals surface area contributed by atoms with Crippen LogP contribution < -0.4 is 10.1 Å². The Bertz CT molecular complexity index is 532. The van der Waals surface area contributed by atoms with Crippen LogP contribution in [0.2, 0.25) is 0 Å². The highest BCUT2D eigenvalue weighted by Crippen LogP contribution is 2.28. The van der Waals surface area contributed by atoms with Crippen molar-refractivity contribution < 1.29 is 24.2 Å². The van der Waals surface area contributed by atoms with Crippen molar-refractivity contribution in [1.82, 2.24) is 4.90 Å². The molecule has 21 heavy (non-hydrogen) atoms. The van der Waals surface area contributed by atoms with Crippen molar-refractivity contribution in [1.29, 1.82) is 0 Å². The summed E-state index contributed by atoms with van der Waals surface area (Å²) >= 11 is 0. The van der Waals surface area contributed by atoms with Gasteiger partial charge in [-0.2, -0.15) is 0 Å². The predicted octanol–water partition coefficient (Wildman–Crippen LogP) is 0.0984. The summed E-state index contributed by atoms with van der Waals surface area (Å²) in [5.74, 6) is 0.0548. The van der Waals surface area contributed by atoms with Crippen LogP contribution in [-0.2, 0) is 9.53 Å². The number of fused-ring (bicyclic) bond motifs is 1. The van der Waals surface area contributed by atoms with Gasteiger partial charge >= 0.3 is 0 Å². The molecule has 2 N–H and O–H groups in total. The molecule has 1 heterocycles. The summed E-state index contributed by atoms with van der Waals surface area (Å²) in [4.78, 5) is 25.2. The topological polar surface area (TPSA) is 88.1 Å². The van der Waals surface area contributed by atoms with Crippen molar-refractivity contribution in [2.75, 3.05) is 45.3 Å². The summed E-state index contributed by atoms with van der Waals surface area (Å²) in [5, 5.41) is 11.7. The Hall–Kier alpha value is -2.12. The molecule has 0 bridgehead atoms. The number of rotatable bonds is 6. The number of aliphatic hydroxyl groups is 1. The second-order valence-corrected chi connectivity index (χ2v) is 4.56. The maximum atomic E-state index is 12.4. The van der Waals surface area contributed by atoms with Crippen molar-refractivity contribution >= 4 is 17.5 Å². The molecule has 1 aromatic carbocycles. The van der Waals surface area contributed by atoms with Gasteiger partial charge in [0.2, 0.25) is 0 Å². The van der Waals surface area contributed by atoms with E-state index in [-0.39, 0.29) is 31.6 Å². The van der Waals surface area contributed by atoms with Crippen LogP contribution in [0.3, 0.4) is 0 Å². The summed E-state index contributed by atoms with van der Waals surface area (Å²) in [7, 11) is 1.55. The lowest BCUT2D eigenvalue weighted by Crippen LogP contribution is -2.36. The van der Waals surface area contributed by atoms with E-state index in [0.29, 0.717) is 30.2 Å². The van der Waals surface area contributed by atoms with E-state index in [0.717, 1.165) is 0 Å². The van der Waals surface area contributed by atoms with Crippen LogP contribution in [0.15, 0.2) is 18.2 Å². The maximum absolute atomic E-state index is 12.4. The van der Waals surface area contributed by atoms with Gasteiger partial charge in [0.05, 0.1) is 18.9 Å². The van der Waals surface area contributed by atoms with E-state index in [1.165, 1.54) is 4.90 Å². The highest BCUT2D eigenvalue weighted by molar-refractivity contribution is 5.99. The molecule has 7 nitrogen and oxygen atoms in total. The molecule has 2 amide bonds. The fourth-order valence-electron chi connectivity index (χ4n) is 2.04. The molecule has 0 saturated heterocycles. The van der Waals surface area contributed by atoms with Gasteiger partial charge in [0.1, 0.15) is 5.75 Å². The van der Waals surface area contributed by atoms with Crippen LogP contribution in [-0.4, -0.2) is 61.8 Å². The van der Waals surface area contributed by atoms with E-state index in [2.05, 4.69) is 5.32 Å². The summed E-state index contributed by atoms with van der Waals surface area (Å²) in [5.41, 5.74) is 0.900. The van der Waals surface area contributed by atoms with Gasteiger partial charge in [0, 0.05) is 25.8 Å². The van der Waals surface area contributed by atoms with E-state index >= 15 is 0 Å². The number of ether oxygens (including phenoxy) is 2. The SMILES string of the molecule is COCCN(CCO)C(=O)c1ccc2c(c1)NC(=O)CO2. The summed E-state index contributed by atoms with van der Waals surface area (Å²) in [6, 6.07) is 4.86. The first-order valence-electron chi connectivity index (χ1n) is 6.61. The second kappa shape index (κ2) is 7.05. The highest BCUT2D eigenvalue weighted by atomic mass is 16.5. The normalized spacial score (nSPS) is 13.1. The summed E-state index contributed by atoms with van der Waals surface area (Å²) < 4.78 is 10.2. The largest absolute Gasteiger partial charge is 0.482 e. The van der Waals surface area contributed by atoms with Gasteiger partial charge in [-0.3, -0.25) is 9.59 Å². The molecule has 7 heteroatoms. The summed E-state index contributed by atoms with van der Waals surface area (Å²) in [6.07, 6.45) is 0. The van der Waals surface area contributed by atoms with Crippen LogP contribution in [0.4, 0.5) is 5.69 Å². The first-order chi connectivity index (χ1) is 10.2. The molecule has 0 radical (unpaired) electrons. The van der Waals surface area contributed by atoms with Gasteiger partial charge in [-0.1, -0.05) is 0 Å². The number of anilines is 1. The van der Waals surface area contributed by atoms with E-state index in [4.69, 9.17) is 14.6 Å². The molecule has 0 aromatic heterocycles. The number of carbonyl (C=O) groups excluding carboxylic acids is 2. The average Bonchev–Trinajstić information content (AvgIpc) is 2.50. The Balaban J connectivity index is 2.17. The van der Waals surface area contributed by atoms with Crippen LogP contribution in [0.1, 0.15) is 10.4 Å². The molecule has 0 saturated carbocycles. The van der Waals surface area contributed by atoms with Gasteiger partial charge in [-0.25, -0.2) is 0 Å². The highest BCUT2D eigenvalue weighted by Gasteiger charge is 2.20. The third kappa shape index (κ3) is 3.71. The van der Waals surface area contributed by atoms with Gasteiger partial charge in [-0.05, 0) is 18.2 Å². The molecule has 0 spiro atoms. The molecule has 0 atom stereocenters. The smallest absolute Gasteiger partial charge is 0.262 e. The van der Waals surface area contributed by atoms with Crippen LogP contribution in [0.25, 0.3) is 0 Å². The lowest BCUT2D eigenvalue weighted by Gasteiger charge is -2.23. The Kier molecular flexibility index (Phi) is 5.13. The molecule has 0 unspecified atom stereocenters. The third-order valence-corrected chi connectivity index (χ3v) is 3.08. The Labute approximate surface area is 122 Å². The molecule has 114 valence electrons. The Morgan fingerprint density at radius 1 is 1.48 bits per heavy atom. The molecule has 0 fully saturated rings. The van der Waals surface area contributed by atoms with E-state index in [9.17, 15) is 9.59 Å². The van der Waals surface area contributed by atoms with E-state index < -0.39 is 0 Å². The van der Waals surface area contributed by atoms with Crippen molar-refractivity contribution in [3.8, 4) is 5.75 Å². The van der Waals surface area contributed by atoms with Crippen LogP contribution in [0.5, 0.6) is 5.75 Å². The van der Waals surface area contributed by atoms with E-state index in [1.807, 2.05) is 0 Å². The van der Waals surface area contributed by atoms with Gasteiger partial charge in [-0.15, -0.1) is 0 Å². The Morgan fingerprint density at radius 2 is 2.29 bits per heavy atom. The number of amides is 2. The monoisotopic (exact) mass is 294 g/mol. The number of methoxy groups -OCH3 is 1. The second-order valence-electron chi connectivity index (χ2n) is 4.56. The van der Waals surface area contributed by atoms with Crippen LogP contribution >= 0.6 is 0 Å². The first-order valence-corrected chi connectivity index (χ1v) is 6.61. The molecule has 2 rings (SSSR count). The zero-order valence-electron chi connectivity index (χ0n) is 11.8. The van der Waals surface area contributed by atoms with Gasteiger partial charge in [0.25, 0.3) is 11.8 Å². The van der Waals surface area contributed by atoms with Crippen molar-refractivity contribution in [3.05, 3.63) is 23.8 Å². The molecular weight excluding hydrogens is 276 g/mol. The standard InChI is InChI=1S/C14H18N2O5/c1-20-7-5-16(4-6-17)14(19)10-2-3-12-11(8-10)15-13(18)9-21-12/h2-3,8,17H,4-7,9H2,1H3,(H,15,18). The molecule has 1 aliphatic rings. The average molecular weight is 294 g/mol. The number of nitrogens with one attached hydrogen (secondary N) is 1. The minimum Gasteiger partial charge on any atom is -0.482 e. The zero-order valence-corrected chi connectivity index (χ0v) is 11.8. The minimum absolute atomic E-state index is 0.0230. The maximum Gasteiger partial charge on any atom is 0.262 e.